The average molecular weight is 265 g/mol. The molecule has 3 N–H and O–H groups in total. The second kappa shape index (κ2) is 6.81. The molecule has 1 fully saturated rings. The Labute approximate surface area is 108 Å². The van der Waals surface area contributed by atoms with Crippen molar-refractivity contribution in [3.05, 3.63) is 0 Å². The van der Waals surface area contributed by atoms with Gasteiger partial charge in [-0.1, -0.05) is 19.3 Å². The van der Waals surface area contributed by atoms with E-state index in [1.165, 1.54) is 7.11 Å². The van der Waals surface area contributed by atoms with Gasteiger partial charge >= 0.3 is 5.97 Å². The van der Waals surface area contributed by atoms with Gasteiger partial charge in [0.15, 0.2) is 0 Å². The number of nitrogens with one attached hydrogen (secondary N) is 1. The molecule has 0 aliphatic heterocycles. The van der Waals surface area contributed by atoms with Gasteiger partial charge in [0, 0.05) is 0 Å². The Morgan fingerprint density at radius 1 is 1.29 bits per heavy atom. The Hall–Kier alpha value is -0.810. The van der Waals surface area contributed by atoms with Crippen LogP contribution in [0, 0.1) is 0 Å². The fourth-order valence-electron chi connectivity index (χ4n) is 1.99. The standard InChI is InChI=1S/C11H20N2O3.ClH/c1-8(9(14)16-2)13-10(15)11(12)6-4-3-5-7-11;/h8H,3-7,12H2,1-2H3,(H,13,15);1H. The fourth-order valence-corrected chi connectivity index (χ4v) is 1.99. The maximum absolute atomic E-state index is 11.9. The summed E-state index contributed by atoms with van der Waals surface area (Å²) in [6, 6.07) is -0.639. The molecule has 1 unspecified atom stereocenters. The Morgan fingerprint density at radius 3 is 2.29 bits per heavy atom. The largest absolute Gasteiger partial charge is 0.467 e. The molecule has 1 amide bonds. The van der Waals surface area contributed by atoms with E-state index in [2.05, 4.69) is 10.1 Å². The molecule has 0 heterocycles. The van der Waals surface area contributed by atoms with Gasteiger partial charge < -0.3 is 15.8 Å². The van der Waals surface area contributed by atoms with Gasteiger partial charge in [0.2, 0.25) is 5.91 Å². The minimum Gasteiger partial charge on any atom is -0.467 e. The summed E-state index contributed by atoms with van der Waals surface area (Å²) in [6.07, 6.45) is 4.44. The van der Waals surface area contributed by atoms with Crippen molar-refractivity contribution < 1.29 is 14.3 Å². The minimum atomic E-state index is -0.805. The molecular formula is C11H21ClN2O3. The molecule has 1 atom stereocenters. The topological polar surface area (TPSA) is 81.4 Å². The lowest BCUT2D eigenvalue weighted by Crippen LogP contribution is -2.57. The predicted octanol–water partition coefficient (Wildman–Crippen LogP) is 0.747. The molecule has 17 heavy (non-hydrogen) atoms. The third kappa shape index (κ3) is 4.16. The van der Waals surface area contributed by atoms with Crippen molar-refractivity contribution in [3.63, 3.8) is 0 Å². The first-order valence-corrected chi connectivity index (χ1v) is 5.67. The van der Waals surface area contributed by atoms with Crippen molar-refractivity contribution in [2.45, 2.75) is 50.6 Å². The zero-order valence-electron chi connectivity index (χ0n) is 10.3. The number of ether oxygens (including phenoxy) is 1. The zero-order valence-corrected chi connectivity index (χ0v) is 11.1. The van der Waals surface area contributed by atoms with Crippen LogP contribution in [-0.2, 0) is 14.3 Å². The maximum Gasteiger partial charge on any atom is 0.328 e. The van der Waals surface area contributed by atoms with Gasteiger partial charge in [-0.3, -0.25) is 4.79 Å². The molecule has 5 nitrogen and oxygen atoms in total. The summed E-state index contributed by atoms with van der Waals surface area (Å²) in [5, 5.41) is 2.60. The van der Waals surface area contributed by atoms with Crippen LogP contribution in [-0.4, -0.2) is 30.6 Å². The molecule has 0 aromatic heterocycles. The van der Waals surface area contributed by atoms with Gasteiger partial charge in [0.1, 0.15) is 6.04 Å². The first-order chi connectivity index (χ1) is 7.49. The third-order valence-electron chi connectivity index (χ3n) is 3.10. The molecule has 1 aliphatic carbocycles. The van der Waals surface area contributed by atoms with E-state index < -0.39 is 17.6 Å². The van der Waals surface area contributed by atoms with Crippen molar-refractivity contribution in [2.75, 3.05) is 7.11 Å². The molecule has 100 valence electrons. The number of amides is 1. The van der Waals surface area contributed by atoms with E-state index in [1.807, 2.05) is 0 Å². The van der Waals surface area contributed by atoms with Crippen LogP contribution in [0.2, 0.25) is 0 Å². The van der Waals surface area contributed by atoms with Crippen molar-refractivity contribution in [2.24, 2.45) is 5.73 Å². The maximum atomic E-state index is 11.9. The number of carbonyl (C=O) groups excluding carboxylic acids is 2. The highest BCUT2D eigenvalue weighted by Crippen LogP contribution is 2.26. The second-order valence-electron chi connectivity index (χ2n) is 4.44. The van der Waals surface area contributed by atoms with Crippen LogP contribution in [0.1, 0.15) is 39.0 Å². The van der Waals surface area contributed by atoms with Gasteiger partial charge in [-0.15, -0.1) is 12.4 Å². The number of esters is 1. The summed E-state index contributed by atoms with van der Waals surface area (Å²) in [5.41, 5.74) is 5.22. The van der Waals surface area contributed by atoms with E-state index in [-0.39, 0.29) is 18.3 Å². The molecule has 6 heteroatoms. The van der Waals surface area contributed by atoms with Crippen molar-refractivity contribution >= 4 is 24.3 Å². The van der Waals surface area contributed by atoms with Crippen molar-refractivity contribution in [3.8, 4) is 0 Å². The van der Waals surface area contributed by atoms with Crippen molar-refractivity contribution in [1.29, 1.82) is 0 Å². The summed E-state index contributed by atoms with van der Waals surface area (Å²) < 4.78 is 4.54. The van der Waals surface area contributed by atoms with E-state index in [9.17, 15) is 9.59 Å². The Kier molecular flexibility index (Phi) is 6.49. The van der Waals surface area contributed by atoms with Crippen LogP contribution in [0.4, 0.5) is 0 Å². The van der Waals surface area contributed by atoms with E-state index in [0.29, 0.717) is 12.8 Å². The highest BCUT2D eigenvalue weighted by Gasteiger charge is 2.36. The van der Waals surface area contributed by atoms with Crippen LogP contribution in [0.25, 0.3) is 0 Å². The first-order valence-electron chi connectivity index (χ1n) is 5.67. The summed E-state index contributed by atoms with van der Waals surface area (Å²) in [4.78, 5) is 23.1. The second-order valence-corrected chi connectivity index (χ2v) is 4.44. The zero-order chi connectivity index (χ0) is 12.2. The van der Waals surface area contributed by atoms with E-state index in [4.69, 9.17) is 5.73 Å². The molecule has 0 spiro atoms. The van der Waals surface area contributed by atoms with E-state index in [0.717, 1.165) is 19.3 Å². The smallest absolute Gasteiger partial charge is 0.328 e. The molecule has 0 radical (unpaired) electrons. The van der Waals surface area contributed by atoms with E-state index >= 15 is 0 Å². The lowest BCUT2D eigenvalue weighted by molar-refractivity contribution is -0.145. The van der Waals surface area contributed by atoms with Crippen LogP contribution >= 0.6 is 12.4 Å². The number of rotatable bonds is 3. The summed E-state index contributed by atoms with van der Waals surface area (Å²) in [6.45, 7) is 1.59. The Balaban J connectivity index is 0.00000256. The molecule has 0 saturated heterocycles. The number of carbonyl (C=O) groups is 2. The van der Waals surface area contributed by atoms with Crippen LogP contribution in [0.15, 0.2) is 0 Å². The highest BCUT2D eigenvalue weighted by molar-refractivity contribution is 5.90. The summed E-state index contributed by atoms with van der Waals surface area (Å²) >= 11 is 0. The normalized spacial score (nSPS) is 19.7. The van der Waals surface area contributed by atoms with Crippen molar-refractivity contribution in [1.82, 2.24) is 5.32 Å². The predicted molar refractivity (Wildman–Crippen MR) is 66.9 cm³/mol. The lowest BCUT2D eigenvalue weighted by atomic mass is 9.82. The number of nitrogens with two attached hydrogens (primary N) is 1. The summed E-state index contributed by atoms with van der Waals surface area (Å²) in [5.74, 6) is -0.696. The number of methoxy groups -OCH3 is 1. The molecule has 1 rings (SSSR count). The molecule has 0 aromatic carbocycles. The molecule has 0 bridgehead atoms. The summed E-state index contributed by atoms with van der Waals surface area (Å²) in [7, 11) is 1.30. The number of hydrogen-bond donors (Lipinski definition) is 2. The highest BCUT2D eigenvalue weighted by atomic mass is 35.5. The molecular weight excluding hydrogens is 244 g/mol. The Bertz CT molecular complexity index is 278. The third-order valence-corrected chi connectivity index (χ3v) is 3.10. The Morgan fingerprint density at radius 2 is 1.82 bits per heavy atom. The number of hydrogen-bond acceptors (Lipinski definition) is 4. The molecule has 0 aromatic rings. The van der Waals surface area contributed by atoms with Crippen LogP contribution in [0.5, 0.6) is 0 Å². The van der Waals surface area contributed by atoms with Crippen LogP contribution < -0.4 is 11.1 Å². The van der Waals surface area contributed by atoms with E-state index in [1.54, 1.807) is 6.92 Å². The van der Waals surface area contributed by atoms with Gasteiger partial charge in [0.25, 0.3) is 0 Å². The van der Waals surface area contributed by atoms with Gasteiger partial charge in [-0.2, -0.15) is 0 Å². The number of halogens is 1. The van der Waals surface area contributed by atoms with Gasteiger partial charge in [-0.25, -0.2) is 4.79 Å². The van der Waals surface area contributed by atoms with Gasteiger partial charge in [-0.05, 0) is 19.8 Å². The molecule has 1 saturated carbocycles. The average Bonchev–Trinajstić information content (AvgIpc) is 2.28. The fraction of sp³-hybridized carbons (Fsp3) is 0.818. The first kappa shape index (κ1) is 16.2. The monoisotopic (exact) mass is 264 g/mol. The molecule has 1 aliphatic rings. The SMILES string of the molecule is COC(=O)C(C)NC(=O)C1(N)CCCCC1.Cl. The minimum absolute atomic E-state index is 0. The quantitative estimate of drug-likeness (QED) is 0.737. The van der Waals surface area contributed by atoms with Gasteiger partial charge in [0.05, 0.1) is 12.6 Å². The van der Waals surface area contributed by atoms with Crippen LogP contribution in [0.3, 0.4) is 0 Å². The lowest BCUT2D eigenvalue weighted by Gasteiger charge is -2.32.